The zero-order valence-corrected chi connectivity index (χ0v) is 19.5. The van der Waals surface area contributed by atoms with Gasteiger partial charge >= 0.3 is 12.0 Å². The average Bonchev–Trinajstić information content (AvgIpc) is 2.68. The van der Waals surface area contributed by atoms with Crippen molar-refractivity contribution in [1.82, 2.24) is 15.4 Å². The van der Waals surface area contributed by atoms with E-state index in [4.69, 9.17) is 14.2 Å². The van der Waals surface area contributed by atoms with Gasteiger partial charge in [-0.05, 0) is 38.8 Å². The van der Waals surface area contributed by atoms with Gasteiger partial charge in [0.1, 0.15) is 19.3 Å². The van der Waals surface area contributed by atoms with E-state index in [1.165, 1.54) is 18.2 Å². The zero-order chi connectivity index (χ0) is 24.1. The molecule has 1 aromatic rings. The van der Waals surface area contributed by atoms with E-state index in [1.807, 2.05) is 5.32 Å². The van der Waals surface area contributed by atoms with E-state index in [-0.39, 0.29) is 10.6 Å². The Labute approximate surface area is 187 Å². The van der Waals surface area contributed by atoms with E-state index >= 15 is 0 Å². The number of rotatable bonds is 7. The molecule has 12 heteroatoms. The molecule has 32 heavy (non-hydrogen) atoms. The minimum Gasteiger partial charge on any atom is -0.486 e. The van der Waals surface area contributed by atoms with Crippen LogP contribution >= 0.6 is 0 Å². The topological polar surface area (TPSA) is 149 Å². The maximum absolute atomic E-state index is 12.8. The van der Waals surface area contributed by atoms with Gasteiger partial charge in [-0.15, -0.1) is 0 Å². The Morgan fingerprint density at radius 1 is 1.09 bits per heavy atom. The molecule has 0 spiro atoms. The Kier molecular flexibility index (Phi) is 8.07. The molecule has 11 nitrogen and oxygen atoms in total. The number of hydrogen-bond acceptors (Lipinski definition) is 8. The van der Waals surface area contributed by atoms with Crippen LogP contribution in [-0.4, -0.2) is 57.7 Å². The molecular formula is C20H29N3O8S. The van der Waals surface area contributed by atoms with Crippen LogP contribution in [0.25, 0.3) is 0 Å². The van der Waals surface area contributed by atoms with Crippen molar-refractivity contribution in [3.63, 3.8) is 0 Å². The molecule has 0 saturated heterocycles. The predicted molar refractivity (Wildman–Crippen MR) is 114 cm³/mol. The van der Waals surface area contributed by atoms with Crippen LogP contribution in [0.15, 0.2) is 23.1 Å². The van der Waals surface area contributed by atoms with Crippen molar-refractivity contribution in [2.45, 2.75) is 51.1 Å². The lowest BCUT2D eigenvalue weighted by molar-refractivity contribution is -0.150. The highest BCUT2D eigenvalue weighted by molar-refractivity contribution is 7.89. The third-order valence-electron chi connectivity index (χ3n) is 4.11. The van der Waals surface area contributed by atoms with E-state index in [0.717, 1.165) is 0 Å². The molecule has 1 aliphatic rings. The summed E-state index contributed by atoms with van der Waals surface area (Å²) in [5, 5.41) is 4.56. The smallest absolute Gasteiger partial charge is 0.324 e. The highest BCUT2D eigenvalue weighted by atomic mass is 32.2. The molecule has 0 bridgehead atoms. The number of ether oxygens (including phenoxy) is 3. The van der Waals surface area contributed by atoms with Crippen LogP contribution in [0.1, 0.15) is 34.6 Å². The third kappa shape index (κ3) is 7.38. The van der Waals surface area contributed by atoms with Crippen LogP contribution in [0.3, 0.4) is 0 Å². The molecule has 1 atom stereocenters. The SMILES string of the molecule is CC(C)C(NS(=O)(=O)c1ccc2c(c1)OCCO2)C(=O)OCC(=O)NC(=O)NC(C)(C)C. The Morgan fingerprint density at radius 2 is 1.72 bits per heavy atom. The van der Waals surface area contributed by atoms with Crippen molar-refractivity contribution >= 4 is 27.9 Å². The monoisotopic (exact) mass is 471 g/mol. The van der Waals surface area contributed by atoms with E-state index in [2.05, 4.69) is 10.0 Å². The Balaban J connectivity index is 2.01. The molecule has 3 amide bonds. The molecule has 1 unspecified atom stereocenters. The number of sulfonamides is 1. The number of amides is 3. The minimum atomic E-state index is -4.11. The van der Waals surface area contributed by atoms with Crippen LogP contribution in [-0.2, 0) is 24.3 Å². The number of urea groups is 1. The molecule has 0 radical (unpaired) electrons. The second kappa shape index (κ2) is 10.2. The summed E-state index contributed by atoms with van der Waals surface area (Å²) in [5.41, 5.74) is -0.560. The normalized spacial score (nSPS) is 14.4. The summed E-state index contributed by atoms with van der Waals surface area (Å²) in [7, 11) is -4.11. The fourth-order valence-corrected chi connectivity index (χ4v) is 3.99. The highest BCUT2D eigenvalue weighted by Gasteiger charge is 2.31. The fraction of sp³-hybridized carbons (Fsp3) is 0.550. The lowest BCUT2D eigenvalue weighted by Gasteiger charge is -2.22. The number of fused-ring (bicyclic) bond motifs is 1. The summed E-state index contributed by atoms with van der Waals surface area (Å²) in [4.78, 5) is 35.9. The molecular weight excluding hydrogens is 442 g/mol. The molecule has 0 fully saturated rings. The van der Waals surface area contributed by atoms with Crippen LogP contribution in [0.4, 0.5) is 4.79 Å². The highest BCUT2D eigenvalue weighted by Crippen LogP contribution is 2.32. The lowest BCUT2D eigenvalue weighted by atomic mass is 10.1. The summed E-state index contributed by atoms with van der Waals surface area (Å²) in [6.07, 6.45) is 0. The minimum absolute atomic E-state index is 0.114. The Hall–Kier alpha value is -2.86. The molecule has 1 aliphatic heterocycles. The van der Waals surface area contributed by atoms with Crippen molar-refractivity contribution in [1.29, 1.82) is 0 Å². The number of carbonyl (C=O) groups excluding carboxylic acids is 3. The van der Waals surface area contributed by atoms with Crippen molar-refractivity contribution in [3.8, 4) is 11.5 Å². The third-order valence-corrected chi connectivity index (χ3v) is 5.55. The first-order chi connectivity index (χ1) is 14.8. The Morgan fingerprint density at radius 3 is 2.31 bits per heavy atom. The largest absolute Gasteiger partial charge is 0.486 e. The maximum Gasteiger partial charge on any atom is 0.324 e. The summed E-state index contributed by atoms with van der Waals surface area (Å²) >= 11 is 0. The van der Waals surface area contributed by atoms with Crippen molar-refractivity contribution in [2.75, 3.05) is 19.8 Å². The van der Waals surface area contributed by atoms with Crippen molar-refractivity contribution < 1.29 is 37.0 Å². The number of carbonyl (C=O) groups is 3. The van der Waals surface area contributed by atoms with Gasteiger partial charge in [0.2, 0.25) is 10.0 Å². The fourth-order valence-electron chi connectivity index (χ4n) is 2.64. The van der Waals surface area contributed by atoms with Crippen LogP contribution < -0.4 is 24.8 Å². The molecule has 0 aromatic heterocycles. The van der Waals surface area contributed by atoms with Gasteiger partial charge in [0.25, 0.3) is 5.91 Å². The first-order valence-electron chi connectivity index (χ1n) is 9.99. The number of hydrogen-bond donors (Lipinski definition) is 3. The molecule has 1 heterocycles. The lowest BCUT2D eigenvalue weighted by Crippen LogP contribution is -2.50. The van der Waals surface area contributed by atoms with Gasteiger partial charge in [0.05, 0.1) is 4.90 Å². The van der Waals surface area contributed by atoms with Gasteiger partial charge in [0.15, 0.2) is 18.1 Å². The van der Waals surface area contributed by atoms with E-state index < -0.39 is 52.0 Å². The maximum atomic E-state index is 12.8. The Bertz CT molecular complexity index is 970. The summed E-state index contributed by atoms with van der Waals surface area (Å²) in [6, 6.07) is 2.11. The molecule has 3 N–H and O–H groups in total. The van der Waals surface area contributed by atoms with Gasteiger partial charge in [-0.2, -0.15) is 4.72 Å². The standard InChI is InChI=1S/C20H29N3O8S/c1-12(2)17(18(25)31-11-16(24)21-19(26)22-20(3,4)5)23-32(27,28)13-6-7-14-15(10-13)30-9-8-29-14/h6-7,10,12,17,23H,8-9,11H2,1-5H3,(H2,21,22,24,26). The van der Waals surface area contributed by atoms with Gasteiger partial charge < -0.3 is 19.5 Å². The molecule has 178 valence electrons. The number of benzene rings is 1. The molecule has 2 rings (SSSR count). The number of esters is 1. The summed E-state index contributed by atoms with van der Waals surface area (Å²) < 4.78 is 43.6. The van der Waals surface area contributed by atoms with Gasteiger partial charge in [-0.3, -0.25) is 14.9 Å². The van der Waals surface area contributed by atoms with Crippen molar-refractivity contribution in [2.24, 2.45) is 5.92 Å². The van der Waals surface area contributed by atoms with Gasteiger partial charge in [-0.1, -0.05) is 13.8 Å². The molecule has 0 saturated carbocycles. The quantitative estimate of drug-likeness (QED) is 0.497. The second-order valence-corrected chi connectivity index (χ2v) is 10.2. The van der Waals surface area contributed by atoms with E-state index in [9.17, 15) is 22.8 Å². The first-order valence-corrected chi connectivity index (χ1v) is 11.5. The molecule has 1 aromatic carbocycles. The second-order valence-electron chi connectivity index (χ2n) is 8.51. The van der Waals surface area contributed by atoms with Crippen LogP contribution in [0.2, 0.25) is 0 Å². The van der Waals surface area contributed by atoms with Crippen molar-refractivity contribution in [3.05, 3.63) is 18.2 Å². The number of nitrogens with one attached hydrogen (secondary N) is 3. The zero-order valence-electron chi connectivity index (χ0n) is 18.7. The summed E-state index contributed by atoms with van der Waals surface area (Å²) in [6.45, 7) is 8.36. The first kappa shape index (κ1) is 25.4. The summed E-state index contributed by atoms with van der Waals surface area (Å²) in [5.74, 6) is -1.57. The molecule has 0 aliphatic carbocycles. The van der Waals surface area contributed by atoms with Gasteiger partial charge in [-0.25, -0.2) is 13.2 Å². The van der Waals surface area contributed by atoms with Gasteiger partial charge in [0, 0.05) is 11.6 Å². The van der Waals surface area contributed by atoms with E-state index in [1.54, 1.807) is 34.6 Å². The predicted octanol–water partition coefficient (Wildman–Crippen LogP) is 0.928. The van der Waals surface area contributed by atoms with Crippen LogP contribution in [0.5, 0.6) is 11.5 Å². The van der Waals surface area contributed by atoms with E-state index in [0.29, 0.717) is 19.0 Å². The average molecular weight is 472 g/mol. The number of imide groups is 1. The van der Waals surface area contributed by atoms with Crippen LogP contribution in [0, 0.1) is 5.92 Å².